The number of hydrogen-bond acceptors (Lipinski definition) is 4. The summed E-state index contributed by atoms with van der Waals surface area (Å²) >= 11 is 5.80. The molecule has 104 valence electrons. The van der Waals surface area contributed by atoms with Gasteiger partial charge >= 0.3 is 5.97 Å². The number of carboxylic acids is 1. The van der Waals surface area contributed by atoms with E-state index in [2.05, 4.69) is 4.98 Å². The lowest BCUT2D eigenvalue weighted by Crippen LogP contribution is -2.04. The highest BCUT2D eigenvalue weighted by molar-refractivity contribution is 6.32. The zero-order chi connectivity index (χ0) is 14.9. The molecule has 0 saturated carbocycles. The lowest BCUT2D eigenvalue weighted by molar-refractivity contribution is 0.0690. The third kappa shape index (κ3) is 2.50. The highest BCUT2D eigenvalue weighted by atomic mass is 35.5. The largest absolute Gasteiger partial charge is 0.492 e. The van der Waals surface area contributed by atoms with Crippen molar-refractivity contribution in [1.82, 2.24) is 4.98 Å². The Labute approximate surface area is 118 Å². The molecule has 0 spiro atoms. The van der Waals surface area contributed by atoms with Crippen LogP contribution in [0.4, 0.5) is 10.1 Å². The summed E-state index contributed by atoms with van der Waals surface area (Å²) < 4.78 is 19.1. The number of aromatic nitrogens is 1. The monoisotopic (exact) mass is 296 g/mol. The van der Waals surface area contributed by atoms with Crippen LogP contribution in [0, 0.1) is 5.82 Å². The van der Waals surface area contributed by atoms with Crippen molar-refractivity contribution < 1.29 is 19.0 Å². The summed E-state index contributed by atoms with van der Waals surface area (Å²) in [6, 6.07) is 5.38. The summed E-state index contributed by atoms with van der Waals surface area (Å²) in [4.78, 5) is 14.8. The molecular weight excluding hydrogens is 287 g/mol. The number of pyridine rings is 1. The highest BCUT2D eigenvalue weighted by Gasteiger charge is 2.17. The van der Waals surface area contributed by atoms with Crippen LogP contribution in [0.2, 0.25) is 5.02 Å². The molecule has 0 unspecified atom stereocenters. The Kier molecular flexibility index (Phi) is 3.76. The third-order valence-corrected chi connectivity index (χ3v) is 2.89. The van der Waals surface area contributed by atoms with Crippen molar-refractivity contribution in [1.29, 1.82) is 0 Å². The molecule has 1 aromatic heterocycles. The maximum atomic E-state index is 14.2. The van der Waals surface area contributed by atoms with E-state index in [1.807, 2.05) is 0 Å². The van der Waals surface area contributed by atoms with Gasteiger partial charge in [-0.25, -0.2) is 14.2 Å². The number of carbonyl (C=O) groups is 1. The van der Waals surface area contributed by atoms with E-state index in [1.165, 1.54) is 31.4 Å². The van der Waals surface area contributed by atoms with E-state index in [0.717, 1.165) is 0 Å². The molecule has 20 heavy (non-hydrogen) atoms. The van der Waals surface area contributed by atoms with E-state index in [0.29, 0.717) is 0 Å². The lowest BCUT2D eigenvalue weighted by atomic mass is 10.1. The number of methoxy groups -OCH3 is 1. The number of hydrogen-bond donors (Lipinski definition) is 2. The molecule has 0 atom stereocenters. The van der Waals surface area contributed by atoms with E-state index in [4.69, 9.17) is 27.2 Å². The number of aromatic carboxylic acids is 1. The minimum atomic E-state index is -1.25. The van der Waals surface area contributed by atoms with Crippen LogP contribution in [0.5, 0.6) is 5.75 Å². The molecule has 2 aromatic rings. The lowest BCUT2D eigenvalue weighted by Gasteiger charge is -2.10. The Bertz CT molecular complexity index is 692. The molecule has 7 heteroatoms. The number of halogens is 2. The van der Waals surface area contributed by atoms with Crippen molar-refractivity contribution >= 4 is 23.3 Å². The number of benzene rings is 1. The van der Waals surface area contributed by atoms with Gasteiger partial charge in [0.1, 0.15) is 0 Å². The van der Waals surface area contributed by atoms with Gasteiger partial charge in [0, 0.05) is 11.3 Å². The van der Waals surface area contributed by atoms with Gasteiger partial charge in [0.15, 0.2) is 17.3 Å². The first kappa shape index (κ1) is 14.1. The number of anilines is 1. The number of rotatable bonds is 3. The van der Waals surface area contributed by atoms with Crippen LogP contribution >= 0.6 is 11.6 Å². The fraction of sp³-hybridized carbons (Fsp3) is 0.0769. The van der Waals surface area contributed by atoms with Gasteiger partial charge in [0.25, 0.3) is 0 Å². The first-order valence-electron chi connectivity index (χ1n) is 5.47. The summed E-state index contributed by atoms with van der Waals surface area (Å²) in [6.07, 6.45) is 0. The molecule has 0 aliphatic heterocycles. The second kappa shape index (κ2) is 5.34. The number of nitrogen functional groups attached to an aromatic ring is 1. The van der Waals surface area contributed by atoms with Gasteiger partial charge in [0.05, 0.1) is 17.8 Å². The minimum absolute atomic E-state index is 0.0565. The van der Waals surface area contributed by atoms with Crippen molar-refractivity contribution in [3.05, 3.63) is 40.8 Å². The standard InChI is InChI=1S/C13H10ClFN2O3/c1-20-12-8(14)3-2-7(11(12)15)9-4-6(16)5-10(17-9)13(18)19/h2-5H,1H3,(H2,16,17)(H,18,19). The van der Waals surface area contributed by atoms with Gasteiger partial charge in [-0.1, -0.05) is 11.6 Å². The number of nitrogens with two attached hydrogens (primary N) is 1. The van der Waals surface area contributed by atoms with Crippen molar-refractivity contribution in [2.24, 2.45) is 0 Å². The smallest absolute Gasteiger partial charge is 0.354 e. The van der Waals surface area contributed by atoms with Gasteiger partial charge < -0.3 is 15.6 Å². The van der Waals surface area contributed by atoms with E-state index < -0.39 is 11.8 Å². The summed E-state index contributed by atoms with van der Waals surface area (Å²) in [6.45, 7) is 0. The Morgan fingerprint density at radius 2 is 2.15 bits per heavy atom. The van der Waals surface area contributed by atoms with Gasteiger partial charge in [-0.3, -0.25) is 0 Å². The number of ether oxygens (including phenoxy) is 1. The van der Waals surface area contributed by atoms with Crippen LogP contribution in [-0.4, -0.2) is 23.2 Å². The first-order valence-corrected chi connectivity index (χ1v) is 5.85. The van der Waals surface area contributed by atoms with Gasteiger partial charge in [0.2, 0.25) is 0 Å². The van der Waals surface area contributed by atoms with Gasteiger partial charge in [-0.15, -0.1) is 0 Å². The Morgan fingerprint density at radius 3 is 2.75 bits per heavy atom. The van der Waals surface area contributed by atoms with E-state index in [9.17, 15) is 9.18 Å². The molecule has 0 fully saturated rings. The van der Waals surface area contributed by atoms with E-state index in [-0.39, 0.29) is 33.4 Å². The Hall–Kier alpha value is -2.34. The van der Waals surface area contributed by atoms with Crippen molar-refractivity contribution in [2.75, 3.05) is 12.8 Å². The second-order valence-electron chi connectivity index (χ2n) is 3.92. The van der Waals surface area contributed by atoms with E-state index in [1.54, 1.807) is 0 Å². The zero-order valence-electron chi connectivity index (χ0n) is 10.4. The third-order valence-electron chi connectivity index (χ3n) is 2.60. The zero-order valence-corrected chi connectivity index (χ0v) is 11.1. The van der Waals surface area contributed by atoms with Crippen LogP contribution < -0.4 is 10.5 Å². The SMILES string of the molecule is COc1c(Cl)ccc(-c2cc(N)cc(C(=O)O)n2)c1F. The molecule has 0 aliphatic carbocycles. The summed E-state index contributed by atoms with van der Waals surface area (Å²) in [5.41, 5.74) is 5.65. The quantitative estimate of drug-likeness (QED) is 0.909. The molecule has 0 aliphatic rings. The number of carboxylic acid groups (broad SMARTS) is 1. The van der Waals surface area contributed by atoms with Crippen molar-refractivity contribution in [2.45, 2.75) is 0 Å². The predicted molar refractivity (Wildman–Crippen MR) is 72.6 cm³/mol. The number of nitrogens with zero attached hydrogens (tertiary/aromatic N) is 1. The van der Waals surface area contributed by atoms with Gasteiger partial charge in [-0.05, 0) is 24.3 Å². The van der Waals surface area contributed by atoms with Crippen LogP contribution in [-0.2, 0) is 0 Å². The molecular formula is C13H10ClFN2O3. The first-order chi connectivity index (χ1) is 9.43. The fourth-order valence-electron chi connectivity index (χ4n) is 1.72. The topological polar surface area (TPSA) is 85.4 Å². The molecule has 0 radical (unpaired) electrons. The van der Waals surface area contributed by atoms with Gasteiger partial charge in [-0.2, -0.15) is 0 Å². The maximum Gasteiger partial charge on any atom is 0.354 e. The predicted octanol–water partition coefficient (Wildman–Crippen LogP) is 2.83. The fourth-order valence-corrected chi connectivity index (χ4v) is 1.94. The molecule has 2 rings (SSSR count). The summed E-state index contributed by atoms with van der Waals surface area (Å²) in [7, 11) is 1.28. The van der Waals surface area contributed by atoms with E-state index >= 15 is 0 Å². The molecule has 1 aromatic carbocycles. The summed E-state index contributed by atoms with van der Waals surface area (Å²) in [5.74, 6) is -2.11. The van der Waals surface area contributed by atoms with Crippen LogP contribution in [0.3, 0.4) is 0 Å². The maximum absolute atomic E-state index is 14.2. The molecule has 1 heterocycles. The molecule has 0 bridgehead atoms. The second-order valence-corrected chi connectivity index (χ2v) is 4.33. The minimum Gasteiger partial charge on any atom is -0.492 e. The molecule has 0 amide bonds. The average molecular weight is 297 g/mol. The van der Waals surface area contributed by atoms with Crippen molar-refractivity contribution in [3.8, 4) is 17.0 Å². The van der Waals surface area contributed by atoms with Crippen LogP contribution in [0.1, 0.15) is 10.5 Å². The average Bonchev–Trinajstić information content (AvgIpc) is 2.38. The van der Waals surface area contributed by atoms with Crippen LogP contribution in [0.15, 0.2) is 24.3 Å². The summed E-state index contributed by atoms with van der Waals surface area (Å²) in [5, 5.41) is 9.04. The molecule has 5 nitrogen and oxygen atoms in total. The Morgan fingerprint density at radius 1 is 1.45 bits per heavy atom. The van der Waals surface area contributed by atoms with Crippen molar-refractivity contribution in [3.63, 3.8) is 0 Å². The molecule has 3 N–H and O–H groups in total. The van der Waals surface area contributed by atoms with Crippen LogP contribution in [0.25, 0.3) is 11.3 Å². The molecule has 0 saturated heterocycles. The normalized spacial score (nSPS) is 10.3. The highest BCUT2D eigenvalue weighted by Crippen LogP contribution is 2.34. The Balaban J connectivity index is 2.66.